The Morgan fingerprint density at radius 1 is 0.583 bits per heavy atom. The molecule has 210 valence electrons. The summed E-state index contributed by atoms with van der Waals surface area (Å²) < 4.78 is 35.2. The summed E-state index contributed by atoms with van der Waals surface area (Å²) in [6, 6.07) is 7.12. The van der Waals surface area contributed by atoms with Gasteiger partial charge in [-0.15, -0.1) is 0 Å². The highest BCUT2D eigenvalue weighted by molar-refractivity contribution is 7.85. The maximum absolute atomic E-state index is 12.2. The van der Waals surface area contributed by atoms with Crippen molar-refractivity contribution in [3.8, 4) is 0 Å². The molecule has 4 nitrogen and oxygen atoms in total. The van der Waals surface area contributed by atoms with Gasteiger partial charge in [0.15, 0.2) is 0 Å². The van der Waals surface area contributed by atoms with Crippen LogP contribution in [0.4, 0.5) is 0 Å². The average Bonchev–Trinajstić information content (AvgIpc) is 2.85. The number of quaternary nitrogens is 1. The average molecular weight is 525 g/mol. The van der Waals surface area contributed by atoms with Gasteiger partial charge in [-0.25, -0.2) is 0 Å². The first-order valence-electron chi connectivity index (χ1n) is 15.3. The highest BCUT2D eigenvalue weighted by Crippen LogP contribution is 2.25. The fourth-order valence-corrected chi connectivity index (χ4v) is 6.22. The molecule has 0 heterocycles. The summed E-state index contributed by atoms with van der Waals surface area (Å²) in [5, 5.41) is 0. The Labute approximate surface area is 224 Å². The van der Waals surface area contributed by atoms with Crippen LogP contribution in [-0.4, -0.2) is 37.1 Å². The highest BCUT2D eigenvalue weighted by Gasteiger charge is 2.29. The molecule has 0 spiro atoms. The van der Waals surface area contributed by atoms with Gasteiger partial charge in [0.05, 0.1) is 19.6 Å². The number of hydrogen-bond acceptors (Lipinski definition) is 2. The molecule has 0 radical (unpaired) electrons. The minimum atomic E-state index is -4.22. The van der Waals surface area contributed by atoms with Crippen LogP contribution in [0.3, 0.4) is 0 Å². The molecule has 36 heavy (non-hydrogen) atoms. The molecule has 0 amide bonds. The topological polar surface area (TPSA) is 54.4 Å². The predicted molar refractivity (Wildman–Crippen MR) is 155 cm³/mol. The molecule has 0 saturated heterocycles. The third-order valence-electron chi connectivity index (χ3n) is 7.71. The molecule has 0 fully saturated rings. The van der Waals surface area contributed by atoms with Crippen LogP contribution in [0.1, 0.15) is 142 Å². The van der Waals surface area contributed by atoms with Gasteiger partial charge in [0.2, 0.25) is 0 Å². The third-order valence-corrected chi connectivity index (χ3v) is 8.67. The van der Waals surface area contributed by atoms with Crippen molar-refractivity contribution < 1.29 is 17.5 Å². The van der Waals surface area contributed by atoms with E-state index < -0.39 is 10.1 Å². The molecular formula is C31H58NO3S+. The number of unbranched alkanes of at least 4 members (excludes halogenated alkanes) is 15. The second kappa shape index (κ2) is 20.1. The first kappa shape index (κ1) is 33.1. The first-order chi connectivity index (χ1) is 17.4. The molecule has 0 atom stereocenters. The van der Waals surface area contributed by atoms with Crippen LogP contribution >= 0.6 is 0 Å². The van der Waals surface area contributed by atoms with E-state index >= 15 is 0 Å². The lowest BCUT2D eigenvalue weighted by Crippen LogP contribution is -2.49. The summed E-state index contributed by atoms with van der Waals surface area (Å²) >= 11 is 0. The molecule has 0 unspecified atom stereocenters. The van der Waals surface area contributed by atoms with Crippen LogP contribution in [0.25, 0.3) is 0 Å². The maximum atomic E-state index is 12.2. The molecule has 0 saturated carbocycles. The first-order valence-corrected chi connectivity index (χ1v) is 16.7. The Kier molecular flexibility index (Phi) is 18.5. The Morgan fingerprint density at radius 3 is 1.33 bits per heavy atom. The van der Waals surface area contributed by atoms with Crippen molar-refractivity contribution in [3.05, 3.63) is 29.8 Å². The quantitative estimate of drug-likeness (QED) is 0.0832. The molecule has 0 aliphatic heterocycles. The lowest BCUT2D eigenvalue weighted by molar-refractivity contribution is -0.941. The number of rotatable bonds is 24. The monoisotopic (exact) mass is 524 g/mol. The standard InChI is InChI=1S/C31H57NO3S/c1-4-7-10-13-16-21-26-32(27-22-17-14-11-8-5-2,28-23-18-15-12-9-6-3)29-30-24-19-20-25-31(30)36(33,34)35/h19-20,24-25H,4-18,21-23,26-29H2,1-3H3/p+1. The minimum Gasteiger partial charge on any atom is -0.320 e. The van der Waals surface area contributed by atoms with Gasteiger partial charge in [-0.1, -0.05) is 116 Å². The zero-order valence-electron chi connectivity index (χ0n) is 24.0. The van der Waals surface area contributed by atoms with Crippen LogP contribution in [0.15, 0.2) is 29.2 Å². The maximum Gasteiger partial charge on any atom is 0.295 e. The summed E-state index contributed by atoms with van der Waals surface area (Å²) in [5.41, 5.74) is 0.781. The van der Waals surface area contributed by atoms with Crippen molar-refractivity contribution in [1.29, 1.82) is 0 Å². The van der Waals surface area contributed by atoms with Crippen LogP contribution in [0.5, 0.6) is 0 Å². The molecule has 1 N–H and O–H groups in total. The molecule has 1 aromatic carbocycles. The zero-order chi connectivity index (χ0) is 26.5. The van der Waals surface area contributed by atoms with Gasteiger partial charge in [-0.3, -0.25) is 4.55 Å². The highest BCUT2D eigenvalue weighted by atomic mass is 32.2. The summed E-state index contributed by atoms with van der Waals surface area (Å²) in [6.07, 6.45) is 22.9. The Bertz CT molecular complexity index is 722. The Hall–Kier alpha value is -0.910. The second-order valence-electron chi connectivity index (χ2n) is 11.1. The van der Waals surface area contributed by atoms with E-state index in [2.05, 4.69) is 20.8 Å². The summed E-state index contributed by atoms with van der Waals surface area (Å²) in [6.45, 7) is 10.8. The van der Waals surface area contributed by atoms with Crippen LogP contribution in [0, 0.1) is 0 Å². The SMILES string of the molecule is CCCCCCCC[N+](CCCCCCCC)(CCCCCCCC)Cc1ccccc1S(=O)(=O)O. The summed E-state index contributed by atoms with van der Waals surface area (Å²) in [5.74, 6) is 0. The third kappa shape index (κ3) is 14.7. The molecule has 0 bridgehead atoms. The lowest BCUT2D eigenvalue weighted by Gasteiger charge is -2.40. The van der Waals surface area contributed by atoms with Gasteiger partial charge in [-0.2, -0.15) is 8.42 Å². The number of benzene rings is 1. The van der Waals surface area contributed by atoms with E-state index in [1.54, 1.807) is 12.1 Å². The van der Waals surface area contributed by atoms with Gasteiger partial charge in [0.25, 0.3) is 10.1 Å². The van der Waals surface area contributed by atoms with E-state index in [1.807, 2.05) is 12.1 Å². The van der Waals surface area contributed by atoms with Crippen molar-refractivity contribution in [2.45, 2.75) is 148 Å². The van der Waals surface area contributed by atoms with Gasteiger partial charge < -0.3 is 4.48 Å². The fraction of sp³-hybridized carbons (Fsp3) is 0.806. The van der Waals surface area contributed by atoms with Crippen LogP contribution in [0.2, 0.25) is 0 Å². The van der Waals surface area contributed by atoms with E-state index in [1.165, 1.54) is 116 Å². The van der Waals surface area contributed by atoms with Gasteiger partial charge in [-0.05, 0) is 44.6 Å². The van der Waals surface area contributed by atoms with Gasteiger partial charge in [0.1, 0.15) is 11.4 Å². The molecule has 0 aliphatic rings. The number of hydrogen-bond donors (Lipinski definition) is 1. The molecule has 0 aromatic heterocycles. The van der Waals surface area contributed by atoms with Crippen molar-refractivity contribution in [2.75, 3.05) is 19.6 Å². The Balaban J connectivity index is 3.02. The molecule has 5 heteroatoms. The summed E-state index contributed by atoms with van der Waals surface area (Å²) in [7, 11) is -4.22. The van der Waals surface area contributed by atoms with Crippen molar-refractivity contribution in [3.63, 3.8) is 0 Å². The largest absolute Gasteiger partial charge is 0.320 e. The molecule has 0 aliphatic carbocycles. The van der Waals surface area contributed by atoms with E-state index in [0.29, 0.717) is 6.54 Å². The van der Waals surface area contributed by atoms with Crippen molar-refractivity contribution in [2.24, 2.45) is 0 Å². The van der Waals surface area contributed by atoms with Gasteiger partial charge in [0, 0.05) is 5.56 Å². The van der Waals surface area contributed by atoms with E-state index in [9.17, 15) is 13.0 Å². The molecular weight excluding hydrogens is 466 g/mol. The van der Waals surface area contributed by atoms with E-state index in [0.717, 1.165) is 29.7 Å². The smallest absolute Gasteiger partial charge is 0.295 e. The van der Waals surface area contributed by atoms with Crippen LogP contribution in [-0.2, 0) is 16.7 Å². The van der Waals surface area contributed by atoms with Crippen molar-refractivity contribution in [1.82, 2.24) is 0 Å². The zero-order valence-corrected chi connectivity index (χ0v) is 24.8. The fourth-order valence-electron chi connectivity index (χ4n) is 5.50. The minimum absolute atomic E-state index is 0.0985. The second-order valence-corrected chi connectivity index (χ2v) is 12.4. The van der Waals surface area contributed by atoms with Crippen LogP contribution < -0.4 is 0 Å². The van der Waals surface area contributed by atoms with Crippen molar-refractivity contribution >= 4 is 10.1 Å². The van der Waals surface area contributed by atoms with Gasteiger partial charge >= 0.3 is 0 Å². The summed E-state index contributed by atoms with van der Waals surface area (Å²) in [4.78, 5) is 0.0985. The molecule has 1 rings (SSSR count). The Morgan fingerprint density at radius 2 is 0.944 bits per heavy atom. The number of nitrogens with zero attached hydrogens (tertiary/aromatic N) is 1. The predicted octanol–water partition coefficient (Wildman–Crippen LogP) is 9.33. The lowest BCUT2D eigenvalue weighted by atomic mass is 10.0. The van der Waals surface area contributed by atoms with E-state index in [-0.39, 0.29) is 4.90 Å². The van der Waals surface area contributed by atoms with E-state index in [4.69, 9.17) is 0 Å². The normalized spacial score (nSPS) is 12.3. The molecule has 1 aromatic rings.